The molecule has 8 nitrogen and oxygen atoms in total. The first-order valence-corrected chi connectivity index (χ1v) is 10.3. The highest BCUT2D eigenvalue weighted by atomic mass is 35.5. The smallest absolute Gasteiger partial charge is 0.289 e. The molecule has 0 atom stereocenters. The Morgan fingerprint density at radius 2 is 2.03 bits per heavy atom. The van der Waals surface area contributed by atoms with Gasteiger partial charge in [-0.25, -0.2) is 0 Å². The number of anilines is 1. The van der Waals surface area contributed by atoms with Crippen molar-refractivity contribution < 1.29 is 9.72 Å². The number of benzene rings is 2. The van der Waals surface area contributed by atoms with Crippen molar-refractivity contribution in [1.82, 2.24) is 14.8 Å². The molecule has 0 spiro atoms. The van der Waals surface area contributed by atoms with E-state index in [9.17, 15) is 14.9 Å². The third-order valence-electron chi connectivity index (χ3n) is 4.07. The summed E-state index contributed by atoms with van der Waals surface area (Å²) in [7, 11) is 0. The normalized spacial score (nSPS) is 10.6. The minimum atomic E-state index is -0.598. The van der Waals surface area contributed by atoms with E-state index in [0.717, 1.165) is 11.4 Å². The van der Waals surface area contributed by atoms with Crippen molar-refractivity contribution in [3.05, 3.63) is 87.7 Å². The summed E-state index contributed by atoms with van der Waals surface area (Å²) in [5, 5.41) is 22.7. The number of hydrogen-bond donors (Lipinski definition) is 1. The molecule has 1 heterocycles. The van der Waals surface area contributed by atoms with Crippen LogP contribution in [0.4, 0.5) is 11.4 Å². The topological polar surface area (TPSA) is 103 Å². The molecule has 0 aliphatic carbocycles. The number of carbonyl (C=O) groups is 1. The molecule has 2 aromatic carbocycles. The van der Waals surface area contributed by atoms with Gasteiger partial charge in [-0.15, -0.1) is 16.8 Å². The summed E-state index contributed by atoms with van der Waals surface area (Å²) in [6.07, 6.45) is 2.36. The Balaban J connectivity index is 1.66. The number of allylic oxidation sites excluding steroid dienone is 1. The first kappa shape index (κ1) is 21.5. The van der Waals surface area contributed by atoms with E-state index in [1.54, 1.807) is 6.08 Å². The second-order valence-corrected chi connectivity index (χ2v) is 7.57. The van der Waals surface area contributed by atoms with Crippen LogP contribution >= 0.6 is 23.4 Å². The van der Waals surface area contributed by atoms with Gasteiger partial charge in [0.05, 0.1) is 10.7 Å². The minimum absolute atomic E-state index is 0.0100. The van der Waals surface area contributed by atoms with Crippen LogP contribution in [-0.2, 0) is 17.8 Å². The van der Waals surface area contributed by atoms with E-state index in [-0.39, 0.29) is 22.4 Å². The number of nitro benzene ring substituents is 1. The lowest BCUT2D eigenvalue weighted by Crippen LogP contribution is -2.15. The van der Waals surface area contributed by atoms with Gasteiger partial charge in [-0.3, -0.25) is 14.9 Å². The van der Waals surface area contributed by atoms with Crippen LogP contribution in [0.25, 0.3) is 0 Å². The fraction of sp³-hybridized carbons (Fsp3) is 0.150. The van der Waals surface area contributed by atoms with E-state index in [0.29, 0.717) is 23.8 Å². The predicted molar refractivity (Wildman–Crippen MR) is 117 cm³/mol. The number of aromatic nitrogens is 3. The molecule has 0 fully saturated rings. The van der Waals surface area contributed by atoms with E-state index in [1.165, 1.54) is 30.0 Å². The summed E-state index contributed by atoms with van der Waals surface area (Å²) in [5.41, 5.74) is 1.14. The van der Waals surface area contributed by atoms with Crippen molar-refractivity contribution in [2.45, 2.75) is 18.1 Å². The van der Waals surface area contributed by atoms with Crippen LogP contribution in [0.5, 0.6) is 0 Å². The lowest BCUT2D eigenvalue weighted by atomic mass is 10.1. The monoisotopic (exact) mass is 443 g/mol. The molecule has 3 aromatic rings. The van der Waals surface area contributed by atoms with E-state index < -0.39 is 4.92 Å². The van der Waals surface area contributed by atoms with Crippen molar-refractivity contribution in [3.8, 4) is 0 Å². The van der Waals surface area contributed by atoms with Gasteiger partial charge in [0.15, 0.2) is 5.16 Å². The quantitative estimate of drug-likeness (QED) is 0.228. The third kappa shape index (κ3) is 5.46. The van der Waals surface area contributed by atoms with Crippen LogP contribution in [0.3, 0.4) is 0 Å². The zero-order chi connectivity index (χ0) is 21.5. The van der Waals surface area contributed by atoms with Gasteiger partial charge < -0.3 is 9.88 Å². The Kier molecular flexibility index (Phi) is 7.21. The van der Waals surface area contributed by atoms with Crippen molar-refractivity contribution in [2.24, 2.45) is 0 Å². The molecule has 3 rings (SSSR count). The first-order chi connectivity index (χ1) is 14.5. The molecule has 1 amide bonds. The van der Waals surface area contributed by atoms with Gasteiger partial charge in [0.1, 0.15) is 10.8 Å². The summed E-state index contributed by atoms with van der Waals surface area (Å²) in [5.74, 6) is 0.517. The van der Waals surface area contributed by atoms with Crippen LogP contribution in [0.15, 0.2) is 66.3 Å². The number of hydrogen-bond acceptors (Lipinski definition) is 6. The van der Waals surface area contributed by atoms with Crippen molar-refractivity contribution in [1.29, 1.82) is 0 Å². The highest BCUT2D eigenvalue weighted by Crippen LogP contribution is 2.27. The van der Waals surface area contributed by atoms with E-state index in [4.69, 9.17) is 11.6 Å². The molecule has 0 aliphatic rings. The molecule has 154 valence electrons. The van der Waals surface area contributed by atoms with Crippen LogP contribution in [0.2, 0.25) is 5.02 Å². The van der Waals surface area contributed by atoms with Gasteiger partial charge in [-0.1, -0.05) is 59.8 Å². The molecule has 1 N–H and O–H groups in total. The standard InChI is InChI=1S/C20H18ClN5O3S/c1-2-10-25-18(11-14-6-4-3-5-7-14)23-24-20(25)30-13-19(27)22-15-8-9-16(21)17(12-15)26(28)29/h2-9,12H,1,10-11,13H2,(H,22,27). The summed E-state index contributed by atoms with van der Waals surface area (Å²) in [6.45, 7) is 4.29. The predicted octanol–water partition coefficient (Wildman–Crippen LogP) is 4.35. The van der Waals surface area contributed by atoms with E-state index >= 15 is 0 Å². The molecule has 0 radical (unpaired) electrons. The van der Waals surface area contributed by atoms with Gasteiger partial charge in [0, 0.05) is 24.7 Å². The lowest BCUT2D eigenvalue weighted by Gasteiger charge is -2.08. The fourth-order valence-electron chi connectivity index (χ4n) is 2.70. The molecule has 30 heavy (non-hydrogen) atoms. The van der Waals surface area contributed by atoms with Crippen LogP contribution in [0, 0.1) is 10.1 Å². The molecule has 0 saturated carbocycles. The number of thioether (sulfide) groups is 1. The number of halogens is 1. The largest absolute Gasteiger partial charge is 0.325 e. The van der Waals surface area contributed by atoms with E-state index in [2.05, 4.69) is 22.1 Å². The Bertz CT molecular complexity index is 1070. The Morgan fingerprint density at radius 1 is 1.27 bits per heavy atom. The highest BCUT2D eigenvalue weighted by molar-refractivity contribution is 7.99. The highest BCUT2D eigenvalue weighted by Gasteiger charge is 2.16. The van der Waals surface area contributed by atoms with Crippen LogP contribution in [-0.4, -0.2) is 31.3 Å². The first-order valence-electron chi connectivity index (χ1n) is 8.91. The van der Waals surface area contributed by atoms with E-state index in [1.807, 2.05) is 34.9 Å². The van der Waals surface area contributed by atoms with Crippen molar-refractivity contribution >= 4 is 40.6 Å². The molecular weight excluding hydrogens is 426 g/mol. The lowest BCUT2D eigenvalue weighted by molar-refractivity contribution is -0.384. The maximum Gasteiger partial charge on any atom is 0.289 e. The average Bonchev–Trinajstić information content (AvgIpc) is 3.10. The Morgan fingerprint density at radius 3 is 2.73 bits per heavy atom. The fourth-order valence-corrected chi connectivity index (χ4v) is 3.66. The number of carbonyl (C=O) groups excluding carboxylic acids is 1. The van der Waals surface area contributed by atoms with Crippen LogP contribution in [0.1, 0.15) is 11.4 Å². The van der Waals surface area contributed by atoms with Gasteiger partial charge in [0.2, 0.25) is 5.91 Å². The van der Waals surface area contributed by atoms with Crippen molar-refractivity contribution in [2.75, 3.05) is 11.1 Å². The molecule has 0 unspecified atom stereocenters. The average molecular weight is 444 g/mol. The van der Waals surface area contributed by atoms with Crippen molar-refractivity contribution in [3.63, 3.8) is 0 Å². The summed E-state index contributed by atoms with van der Waals surface area (Å²) in [6, 6.07) is 14.0. The molecular formula is C20H18ClN5O3S. The molecule has 0 saturated heterocycles. The van der Waals surface area contributed by atoms with Gasteiger partial charge >= 0.3 is 0 Å². The van der Waals surface area contributed by atoms with Gasteiger partial charge in [-0.2, -0.15) is 0 Å². The van der Waals surface area contributed by atoms with Gasteiger partial charge in [-0.05, 0) is 17.7 Å². The second kappa shape index (κ2) is 10.0. The Hall–Kier alpha value is -3.17. The molecule has 0 aliphatic heterocycles. The van der Waals surface area contributed by atoms with Crippen LogP contribution < -0.4 is 5.32 Å². The summed E-state index contributed by atoms with van der Waals surface area (Å²) in [4.78, 5) is 22.7. The number of rotatable bonds is 9. The molecule has 1 aromatic heterocycles. The maximum absolute atomic E-state index is 12.3. The Labute approximate surface area is 182 Å². The summed E-state index contributed by atoms with van der Waals surface area (Å²) >= 11 is 7.02. The number of amides is 1. The summed E-state index contributed by atoms with van der Waals surface area (Å²) < 4.78 is 1.91. The number of nitrogens with one attached hydrogen (secondary N) is 1. The second-order valence-electron chi connectivity index (χ2n) is 6.22. The zero-order valence-corrected chi connectivity index (χ0v) is 17.4. The number of nitro groups is 1. The maximum atomic E-state index is 12.3. The zero-order valence-electron chi connectivity index (χ0n) is 15.8. The third-order valence-corrected chi connectivity index (χ3v) is 5.36. The molecule has 10 heteroatoms. The molecule has 0 bridgehead atoms. The number of nitrogens with zero attached hydrogens (tertiary/aromatic N) is 4. The SMILES string of the molecule is C=CCn1c(Cc2ccccc2)nnc1SCC(=O)Nc1ccc(Cl)c([N+](=O)[O-])c1. The minimum Gasteiger partial charge on any atom is -0.325 e. The van der Waals surface area contributed by atoms with Gasteiger partial charge in [0.25, 0.3) is 5.69 Å².